The van der Waals surface area contributed by atoms with Crippen molar-refractivity contribution in [3.8, 4) is 5.75 Å². The zero-order valence-electron chi connectivity index (χ0n) is 15.7. The number of rotatable bonds is 5. The predicted octanol–water partition coefficient (Wildman–Crippen LogP) is 4.05. The van der Waals surface area contributed by atoms with Crippen LogP contribution in [0.5, 0.6) is 5.75 Å². The molecule has 1 atom stereocenters. The van der Waals surface area contributed by atoms with Gasteiger partial charge in [0.25, 0.3) is 0 Å². The van der Waals surface area contributed by atoms with E-state index >= 15 is 0 Å². The number of likely N-dealkylation sites (tertiary alicyclic amines) is 1. The summed E-state index contributed by atoms with van der Waals surface area (Å²) in [5.74, 6) is 1.45. The van der Waals surface area contributed by atoms with E-state index in [2.05, 4.69) is 9.88 Å². The summed E-state index contributed by atoms with van der Waals surface area (Å²) in [6.45, 7) is 8.58. The van der Waals surface area contributed by atoms with Crippen molar-refractivity contribution in [1.29, 1.82) is 0 Å². The molecule has 2 heterocycles. The summed E-state index contributed by atoms with van der Waals surface area (Å²) in [5.41, 5.74) is 2.11. The van der Waals surface area contributed by atoms with Gasteiger partial charge < -0.3 is 14.3 Å². The van der Waals surface area contributed by atoms with Crippen molar-refractivity contribution >= 4 is 11.6 Å². The van der Waals surface area contributed by atoms with Crippen molar-refractivity contribution in [3.05, 3.63) is 46.1 Å². The minimum atomic E-state index is -0.810. The normalized spacial score (nSPS) is 21.6. The Labute approximate surface area is 159 Å². The molecule has 0 aliphatic carbocycles. The number of hydrogen-bond donors (Lipinski definition) is 1. The van der Waals surface area contributed by atoms with Gasteiger partial charge in [-0.05, 0) is 62.9 Å². The van der Waals surface area contributed by atoms with Gasteiger partial charge in [0.15, 0.2) is 5.89 Å². The topological polar surface area (TPSA) is 58.7 Å². The van der Waals surface area contributed by atoms with Gasteiger partial charge in [0.05, 0.1) is 11.3 Å². The van der Waals surface area contributed by atoms with Crippen LogP contribution in [0.25, 0.3) is 0 Å². The average molecular weight is 379 g/mol. The smallest absolute Gasteiger partial charge is 0.191 e. The number of hydrogen-bond acceptors (Lipinski definition) is 5. The summed E-state index contributed by atoms with van der Waals surface area (Å²) in [6.07, 6.45) is 4.04. The van der Waals surface area contributed by atoms with Crippen molar-refractivity contribution in [3.63, 3.8) is 0 Å². The van der Waals surface area contributed by atoms with Gasteiger partial charge in [-0.2, -0.15) is 0 Å². The molecule has 1 aliphatic rings. The maximum atomic E-state index is 11.0. The van der Waals surface area contributed by atoms with Crippen LogP contribution in [0, 0.1) is 20.8 Å². The van der Waals surface area contributed by atoms with E-state index in [0.29, 0.717) is 18.9 Å². The van der Waals surface area contributed by atoms with E-state index in [9.17, 15) is 5.11 Å². The summed E-state index contributed by atoms with van der Waals surface area (Å²) < 4.78 is 11.2. The largest absolute Gasteiger partial charge is 0.491 e. The molecule has 0 bridgehead atoms. The number of halogens is 1. The third-order valence-electron chi connectivity index (χ3n) is 4.98. The highest BCUT2D eigenvalue weighted by atomic mass is 35.5. The number of ether oxygens (including phenoxy) is 1. The molecule has 1 saturated heterocycles. The van der Waals surface area contributed by atoms with Crippen molar-refractivity contribution in [2.24, 2.45) is 0 Å². The second kappa shape index (κ2) is 7.99. The van der Waals surface area contributed by atoms with Crippen molar-refractivity contribution in [1.82, 2.24) is 9.88 Å². The Balaban J connectivity index is 1.56. The average Bonchev–Trinajstić information content (AvgIpc) is 2.91. The molecule has 142 valence electrons. The summed E-state index contributed by atoms with van der Waals surface area (Å²) in [5, 5.41) is 11.7. The Morgan fingerprint density at radius 1 is 1.23 bits per heavy atom. The molecule has 1 aromatic carbocycles. The maximum Gasteiger partial charge on any atom is 0.191 e. The third kappa shape index (κ3) is 4.78. The fraction of sp³-hybridized carbons (Fsp3) is 0.550. The molecule has 0 saturated carbocycles. The third-order valence-corrected chi connectivity index (χ3v) is 5.58. The molecule has 5 nitrogen and oxygen atoms in total. The van der Waals surface area contributed by atoms with Crippen LogP contribution in [0.2, 0.25) is 5.02 Å². The van der Waals surface area contributed by atoms with Crippen LogP contribution in [0.3, 0.4) is 0 Å². The second-order valence-electron chi connectivity index (χ2n) is 7.37. The summed E-state index contributed by atoms with van der Waals surface area (Å²) in [4.78, 5) is 6.68. The summed E-state index contributed by atoms with van der Waals surface area (Å²) >= 11 is 6.21. The van der Waals surface area contributed by atoms with Gasteiger partial charge in [-0.25, -0.2) is 4.98 Å². The van der Waals surface area contributed by atoms with Gasteiger partial charge in [-0.3, -0.25) is 4.90 Å². The molecule has 0 spiro atoms. The van der Waals surface area contributed by atoms with E-state index in [1.54, 1.807) is 6.26 Å². The van der Waals surface area contributed by atoms with Crippen LogP contribution in [0.1, 0.15) is 42.0 Å². The Bertz CT molecular complexity index is 738. The lowest BCUT2D eigenvalue weighted by atomic mass is 9.96. The Morgan fingerprint density at radius 3 is 2.62 bits per heavy atom. The fourth-order valence-electron chi connectivity index (χ4n) is 3.45. The van der Waals surface area contributed by atoms with Crippen LogP contribution in [0.4, 0.5) is 0 Å². The fourth-order valence-corrected chi connectivity index (χ4v) is 3.56. The Morgan fingerprint density at radius 2 is 1.96 bits per heavy atom. The number of nitrogens with zero attached hydrogens (tertiary/aromatic N) is 2. The van der Waals surface area contributed by atoms with Crippen molar-refractivity contribution < 1.29 is 14.3 Å². The zero-order valence-corrected chi connectivity index (χ0v) is 16.5. The van der Waals surface area contributed by atoms with Crippen molar-refractivity contribution in [2.45, 2.75) is 52.2 Å². The maximum absolute atomic E-state index is 11.0. The van der Waals surface area contributed by atoms with Crippen LogP contribution >= 0.6 is 11.6 Å². The molecule has 0 radical (unpaired) electrons. The molecule has 2 aromatic rings. The van der Waals surface area contributed by atoms with Crippen LogP contribution in [-0.4, -0.2) is 40.3 Å². The second-order valence-corrected chi connectivity index (χ2v) is 7.75. The standard InChI is InChI=1S/C20H27ClN2O3/c1-14-9-18(10-15(2)19(14)21)26-13-20(24)5-4-7-23(8-6-20)11-17-12-25-16(3)22-17/h9-10,12,24H,4-8,11,13H2,1-3H3. The Hall–Kier alpha value is -1.56. The number of aryl methyl sites for hydroxylation is 3. The lowest BCUT2D eigenvalue weighted by Gasteiger charge is -2.27. The molecular weight excluding hydrogens is 352 g/mol. The van der Waals surface area contributed by atoms with Gasteiger partial charge in [0.2, 0.25) is 0 Å². The molecule has 1 N–H and O–H groups in total. The summed E-state index contributed by atoms with van der Waals surface area (Å²) in [6, 6.07) is 3.85. The van der Waals surface area contributed by atoms with Crippen LogP contribution in [-0.2, 0) is 6.54 Å². The molecule has 1 fully saturated rings. The van der Waals surface area contributed by atoms with Gasteiger partial charge in [0, 0.05) is 25.0 Å². The van der Waals surface area contributed by atoms with E-state index in [0.717, 1.165) is 60.1 Å². The lowest BCUT2D eigenvalue weighted by Crippen LogP contribution is -2.37. The van der Waals surface area contributed by atoms with E-state index in [1.807, 2.05) is 32.9 Å². The lowest BCUT2D eigenvalue weighted by molar-refractivity contribution is -0.0168. The zero-order chi connectivity index (χ0) is 18.7. The molecule has 3 rings (SSSR count). The Kier molecular flexibility index (Phi) is 5.90. The number of aromatic nitrogens is 1. The predicted molar refractivity (Wildman–Crippen MR) is 102 cm³/mol. The summed E-state index contributed by atoms with van der Waals surface area (Å²) in [7, 11) is 0. The van der Waals surface area contributed by atoms with Gasteiger partial charge in [-0.15, -0.1) is 0 Å². The molecule has 6 heteroatoms. The molecule has 1 unspecified atom stereocenters. The highest BCUT2D eigenvalue weighted by Crippen LogP contribution is 2.28. The monoisotopic (exact) mass is 378 g/mol. The minimum absolute atomic E-state index is 0.296. The number of aliphatic hydroxyl groups is 1. The first-order valence-corrected chi connectivity index (χ1v) is 9.48. The van der Waals surface area contributed by atoms with Crippen LogP contribution in [0.15, 0.2) is 22.8 Å². The van der Waals surface area contributed by atoms with E-state index in [4.69, 9.17) is 20.8 Å². The van der Waals surface area contributed by atoms with E-state index in [1.165, 1.54) is 0 Å². The quantitative estimate of drug-likeness (QED) is 0.850. The molecular formula is C20H27ClN2O3. The number of benzene rings is 1. The van der Waals surface area contributed by atoms with Crippen molar-refractivity contribution in [2.75, 3.05) is 19.7 Å². The molecule has 0 amide bonds. The molecule has 1 aromatic heterocycles. The SMILES string of the molecule is Cc1nc(CN2CCCC(O)(COc3cc(C)c(Cl)c(C)c3)CC2)co1. The first kappa shape index (κ1) is 19.2. The van der Waals surface area contributed by atoms with E-state index < -0.39 is 5.60 Å². The highest BCUT2D eigenvalue weighted by Gasteiger charge is 2.31. The van der Waals surface area contributed by atoms with Gasteiger partial charge >= 0.3 is 0 Å². The van der Waals surface area contributed by atoms with Crippen LogP contribution < -0.4 is 4.74 Å². The minimum Gasteiger partial charge on any atom is -0.491 e. The first-order chi connectivity index (χ1) is 12.3. The molecule has 26 heavy (non-hydrogen) atoms. The highest BCUT2D eigenvalue weighted by molar-refractivity contribution is 6.32. The van der Waals surface area contributed by atoms with E-state index in [-0.39, 0.29) is 0 Å². The first-order valence-electron chi connectivity index (χ1n) is 9.10. The number of oxazole rings is 1. The van der Waals surface area contributed by atoms with Gasteiger partial charge in [-0.1, -0.05) is 11.6 Å². The van der Waals surface area contributed by atoms with Gasteiger partial charge in [0.1, 0.15) is 18.6 Å². The molecule has 1 aliphatic heterocycles.